The molecule has 1 saturated heterocycles. The van der Waals surface area contributed by atoms with E-state index < -0.39 is 10.0 Å². The van der Waals surface area contributed by atoms with Crippen LogP contribution in [0.5, 0.6) is 0 Å². The van der Waals surface area contributed by atoms with Crippen LogP contribution in [0.4, 0.5) is 0 Å². The Balaban J connectivity index is 2.46. The molecule has 1 aliphatic rings. The summed E-state index contributed by atoms with van der Waals surface area (Å²) in [4.78, 5) is 13.8. The Hall–Kier alpha value is -0.620. The maximum Gasteiger partial charge on any atom is 0.223 e. The quantitative estimate of drug-likeness (QED) is 0.710. The summed E-state index contributed by atoms with van der Waals surface area (Å²) in [5, 5.41) is 0. The molecule has 0 aromatic rings. The second-order valence-corrected chi connectivity index (χ2v) is 7.66. The number of carbonyl (C=O) groups is 1. The Labute approximate surface area is 117 Å². The molecule has 0 radical (unpaired) electrons. The Kier molecular flexibility index (Phi) is 6.26. The normalized spacial score (nSPS) is 16.6. The second-order valence-electron chi connectivity index (χ2n) is 5.68. The van der Waals surface area contributed by atoms with Gasteiger partial charge >= 0.3 is 0 Å². The zero-order chi connectivity index (χ0) is 14.5. The molecule has 0 aliphatic carbocycles. The van der Waals surface area contributed by atoms with E-state index in [1.807, 2.05) is 4.90 Å². The lowest BCUT2D eigenvalue weighted by molar-refractivity contribution is -0.130. The van der Waals surface area contributed by atoms with Crippen LogP contribution < -0.4 is 0 Å². The van der Waals surface area contributed by atoms with Crippen molar-refractivity contribution in [1.29, 1.82) is 0 Å². The average molecular weight is 290 g/mol. The topological polar surface area (TPSA) is 57.7 Å². The molecule has 0 unspecified atom stereocenters. The van der Waals surface area contributed by atoms with Gasteiger partial charge in [0, 0.05) is 32.6 Å². The highest BCUT2D eigenvalue weighted by Gasteiger charge is 2.21. The van der Waals surface area contributed by atoms with Crippen molar-refractivity contribution in [3.8, 4) is 0 Å². The van der Waals surface area contributed by atoms with E-state index in [9.17, 15) is 13.2 Å². The highest BCUT2D eigenvalue weighted by molar-refractivity contribution is 7.88. The van der Waals surface area contributed by atoms with Crippen molar-refractivity contribution >= 4 is 15.9 Å². The summed E-state index contributed by atoms with van der Waals surface area (Å²) in [7, 11) is -3.22. The molecule has 1 amide bonds. The lowest BCUT2D eigenvalue weighted by Crippen LogP contribution is -2.36. The Morgan fingerprint density at radius 1 is 1.21 bits per heavy atom. The first-order valence-electron chi connectivity index (χ1n) is 7.03. The van der Waals surface area contributed by atoms with Crippen LogP contribution in [-0.2, 0) is 14.8 Å². The van der Waals surface area contributed by atoms with Crippen LogP contribution in [0, 0.1) is 5.92 Å². The maximum atomic E-state index is 11.9. The first-order chi connectivity index (χ1) is 8.80. The van der Waals surface area contributed by atoms with Crippen molar-refractivity contribution < 1.29 is 13.2 Å². The average Bonchev–Trinajstić information content (AvgIpc) is 2.79. The Morgan fingerprint density at radius 3 is 2.26 bits per heavy atom. The van der Waals surface area contributed by atoms with Gasteiger partial charge in [0.25, 0.3) is 0 Å². The third-order valence-electron chi connectivity index (χ3n) is 3.46. The zero-order valence-corrected chi connectivity index (χ0v) is 13.1. The number of sulfonamides is 1. The van der Waals surface area contributed by atoms with Crippen LogP contribution >= 0.6 is 0 Å². The van der Waals surface area contributed by atoms with Crippen molar-refractivity contribution in [3.63, 3.8) is 0 Å². The van der Waals surface area contributed by atoms with Crippen LogP contribution in [0.1, 0.15) is 39.5 Å². The van der Waals surface area contributed by atoms with Gasteiger partial charge in [-0.1, -0.05) is 13.8 Å². The standard InChI is InChI=1S/C13H26N2O3S/c1-12(2)6-10-15(19(3,17)18)11-7-13(16)14-8-4-5-9-14/h12H,4-11H2,1-3H3. The molecular formula is C13H26N2O3S. The van der Waals surface area contributed by atoms with Crippen molar-refractivity contribution in [3.05, 3.63) is 0 Å². The van der Waals surface area contributed by atoms with Crippen molar-refractivity contribution in [2.45, 2.75) is 39.5 Å². The fraction of sp³-hybridized carbons (Fsp3) is 0.923. The summed E-state index contributed by atoms with van der Waals surface area (Å²) in [6, 6.07) is 0. The van der Waals surface area contributed by atoms with E-state index in [1.165, 1.54) is 10.6 Å². The molecule has 19 heavy (non-hydrogen) atoms. The van der Waals surface area contributed by atoms with E-state index in [2.05, 4.69) is 13.8 Å². The van der Waals surface area contributed by atoms with Crippen LogP contribution in [0.15, 0.2) is 0 Å². The van der Waals surface area contributed by atoms with Gasteiger partial charge in [0.2, 0.25) is 15.9 Å². The van der Waals surface area contributed by atoms with E-state index in [4.69, 9.17) is 0 Å². The highest BCUT2D eigenvalue weighted by Crippen LogP contribution is 2.11. The van der Waals surface area contributed by atoms with Crippen molar-refractivity contribution in [1.82, 2.24) is 9.21 Å². The first kappa shape index (κ1) is 16.4. The number of nitrogens with zero attached hydrogens (tertiary/aromatic N) is 2. The number of carbonyl (C=O) groups excluding carboxylic acids is 1. The highest BCUT2D eigenvalue weighted by atomic mass is 32.2. The second kappa shape index (κ2) is 7.24. The molecule has 0 bridgehead atoms. The van der Waals surface area contributed by atoms with Gasteiger partial charge in [-0.25, -0.2) is 12.7 Å². The predicted octanol–water partition coefficient (Wildman–Crippen LogP) is 1.31. The SMILES string of the molecule is CC(C)CCN(CCC(=O)N1CCCC1)S(C)(=O)=O. The van der Waals surface area contributed by atoms with Gasteiger partial charge in [-0.05, 0) is 25.2 Å². The van der Waals surface area contributed by atoms with E-state index in [0.717, 1.165) is 32.4 Å². The van der Waals surface area contributed by atoms with Gasteiger partial charge in [-0.15, -0.1) is 0 Å². The number of rotatable bonds is 7. The molecule has 0 aromatic heterocycles. The molecule has 112 valence electrons. The molecule has 6 heteroatoms. The Morgan fingerprint density at radius 2 is 1.79 bits per heavy atom. The van der Waals surface area contributed by atoms with Crippen LogP contribution in [0.2, 0.25) is 0 Å². The molecule has 5 nitrogen and oxygen atoms in total. The van der Waals surface area contributed by atoms with E-state index >= 15 is 0 Å². The summed E-state index contributed by atoms with van der Waals surface area (Å²) in [5.74, 6) is 0.536. The number of hydrogen-bond donors (Lipinski definition) is 0. The molecule has 0 atom stereocenters. The lowest BCUT2D eigenvalue weighted by Gasteiger charge is -2.22. The number of likely N-dealkylation sites (tertiary alicyclic amines) is 1. The number of amides is 1. The largest absolute Gasteiger partial charge is 0.343 e. The third kappa shape index (κ3) is 5.91. The zero-order valence-electron chi connectivity index (χ0n) is 12.3. The fourth-order valence-electron chi connectivity index (χ4n) is 2.19. The molecule has 0 spiro atoms. The van der Waals surface area contributed by atoms with E-state index in [-0.39, 0.29) is 5.91 Å². The van der Waals surface area contributed by atoms with Gasteiger partial charge in [-0.3, -0.25) is 4.79 Å². The minimum Gasteiger partial charge on any atom is -0.343 e. The van der Waals surface area contributed by atoms with E-state index in [0.29, 0.717) is 25.4 Å². The molecule has 0 aromatic carbocycles. The smallest absolute Gasteiger partial charge is 0.223 e. The van der Waals surface area contributed by atoms with Gasteiger partial charge in [0.1, 0.15) is 0 Å². The van der Waals surface area contributed by atoms with Crippen LogP contribution in [0.25, 0.3) is 0 Å². The molecule has 0 saturated carbocycles. The van der Waals surface area contributed by atoms with Gasteiger partial charge in [0.05, 0.1) is 6.26 Å². The monoisotopic (exact) mass is 290 g/mol. The van der Waals surface area contributed by atoms with Crippen LogP contribution in [0.3, 0.4) is 0 Å². The van der Waals surface area contributed by atoms with Gasteiger partial charge in [0.15, 0.2) is 0 Å². The predicted molar refractivity (Wildman–Crippen MR) is 76.3 cm³/mol. The molecule has 1 heterocycles. The Bertz CT molecular complexity index is 387. The molecule has 1 aliphatic heterocycles. The summed E-state index contributed by atoms with van der Waals surface area (Å²) >= 11 is 0. The summed E-state index contributed by atoms with van der Waals surface area (Å²) < 4.78 is 24.8. The first-order valence-corrected chi connectivity index (χ1v) is 8.88. The molecule has 1 fully saturated rings. The summed E-state index contributed by atoms with van der Waals surface area (Å²) in [6.45, 7) is 6.59. The van der Waals surface area contributed by atoms with E-state index in [1.54, 1.807) is 0 Å². The van der Waals surface area contributed by atoms with Gasteiger partial charge < -0.3 is 4.90 Å². The fourth-order valence-corrected chi connectivity index (χ4v) is 3.05. The number of hydrogen-bond acceptors (Lipinski definition) is 3. The summed E-state index contributed by atoms with van der Waals surface area (Å²) in [5.41, 5.74) is 0. The summed E-state index contributed by atoms with van der Waals surface area (Å²) in [6.07, 6.45) is 4.47. The maximum absolute atomic E-state index is 11.9. The lowest BCUT2D eigenvalue weighted by atomic mass is 10.1. The molecular weight excluding hydrogens is 264 g/mol. The minimum absolute atomic E-state index is 0.0793. The van der Waals surface area contributed by atoms with Gasteiger partial charge in [-0.2, -0.15) is 0 Å². The molecule has 1 rings (SSSR count). The third-order valence-corrected chi connectivity index (χ3v) is 4.76. The van der Waals surface area contributed by atoms with Crippen molar-refractivity contribution in [2.24, 2.45) is 5.92 Å². The van der Waals surface area contributed by atoms with Crippen molar-refractivity contribution in [2.75, 3.05) is 32.4 Å². The van der Waals surface area contributed by atoms with Crippen LogP contribution in [-0.4, -0.2) is 56.0 Å². The molecule has 0 N–H and O–H groups in total. The minimum atomic E-state index is -3.22.